The Hall–Kier alpha value is -1.22. The molecule has 0 aromatic carbocycles. The minimum Gasteiger partial charge on any atom is -0.371 e. The van der Waals surface area contributed by atoms with Crippen LogP contribution in [0.25, 0.3) is 12.3 Å². The van der Waals surface area contributed by atoms with E-state index < -0.39 is 0 Å². The molecule has 1 unspecified atom stereocenters. The van der Waals surface area contributed by atoms with Gasteiger partial charge in [-0.25, -0.2) is 0 Å². The highest BCUT2D eigenvalue weighted by atomic mass is 15.0. The number of rotatable bonds is 1. The summed E-state index contributed by atoms with van der Waals surface area (Å²) >= 11 is 0. The summed E-state index contributed by atoms with van der Waals surface area (Å²) in [5.41, 5.74) is 7.53. The number of aromatic amines is 1. The van der Waals surface area contributed by atoms with E-state index in [9.17, 15) is 0 Å². The van der Waals surface area contributed by atoms with Gasteiger partial charge in [-0.05, 0) is 25.0 Å². The molecule has 3 rings (SSSR count). The summed E-state index contributed by atoms with van der Waals surface area (Å²) in [6.07, 6.45) is 6.58. The fourth-order valence-corrected chi connectivity index (χ4v) is 1.95. The van der Waals surface area contributed by atoms with E-state index in [2.05, 4.69) is 29.4 Å². The van der Waals surface area contributed by atoms with E-state index in [0.717, 1.165) is 5.35 Å². The van der Waals surface area contributed by atoms with Gasteiger partial charge in [-0.3, -0.25) is 0 Å². The Balaban J connectivity index is 2.17. The summed E-state index contributed by atoms with van der Waals surface area (Å²) < 4.78 is 0. The SMILES string of the molecule is CC1(c2cc3c([nH]2)=CNC(N)C=3)CC1. The van der Waals surface area contributed by atoms with Crippen LogP contribution in [-0.2, 0) is 5.41 Å². The molecule has 0 radical (unpaired) electrons. The summed E-state index contributed by atoms with van der Waals surface area (Å²) in [6.45, 7) is 2.30. The molecule has 1 aliphatic heterocycles. The first-order valence-electron chi connectivity index (χ1n) is 5.11. The van der Waals surface area contributed by atoms with E-state index in [0.29, 0.717) is 5.41 Å². The molecule has 14 heavy (non-hydrogen) atoms. The molecule has 3 nitrogen and oxygen atoms in total. The first kappa shape index (κ1) is 8.12. The van der Waals surface area contributed by atoms with Crippen molar-refractivity contribution in [3.05, 3.63) is 22.3 Å². The lowest BCUT2D eigenvalue weighted by Crippen LogP contribution is -2.42. The third-order valence-corrected chi connectivity index (χ3v) is 3.31. The van der Waals surface area contributed by atoms with Crippen molar-refractivity contribution >= 4 is 12.3 Å². The zero-order valence-electron chi connectivity index (χ0n) is 8.30. The quantitative estimate of drug-likeness (QED) is 0.556. The molecule has 74 valence electrons. The minimum atomic E-state index is -0.0434. The van der Waals surface area contributed by atoms with E-state index >= 15 is 0 Å². The molecular formula is C11H15N3. The Kier molecular flexibility index (Phi) is 1.40. The summed E-state index contributed by atoms with van der Waals surface area (Å²) in [5, 5.41) is 5.49. The molecule has 0 amide bonds. The number of aromatic nitrogens is 1. The first-order chi connectivity index (χ1) is 6.67. The van der Waals surface area contributed by atoms with Crippen LogP contribution >= 0.6 is 0 Å². The maximum absolute atomic E-state index is 5.77. The number of nitrogens with one attached hydrogen (secondary N) is 2. The van der Waals surface area contributed by atoms with Gasteiger partial charge in [0.25, 0.3) is 0 Å². The van der Waals surface area contributed by atoms with E-state index in [1.54, 1.807) is 0 Å². The van der Waals surface area contributed by atoms with E-state index in [1.807, 2.05) is 6.20 Å². The van der Waals surface area contributed by atoms with Gasteiger partial charge in [-0.15, -0.1) is 0 Å². The van der Waals surface area contributed by atoms with Crippen molar-refractivity contribution in [2.45, 2.75) is 31.3 Å². The second kappa shape index (κ2) is 2.42. The predicted octanol–water partition coefficient (Wildman–Crippen LogP) is -0.527. The van der Waals surface area contributed by atoms with Crippen LogP contribution < -0.4 is 21.6 Å². The van der Waals surface area contributed by atoms with Crippen molar-refractivity contribution in [3.63, 3.8) is 0 Å². The number of nitrogens with two attached hydrogens (primary N) is 1. The monoisotopic (exact) mass is 189 g/mol. The molecule has 0 bridgehead atoms. The van der Waals surface area contributed by atoms with Gasteiger partial charge in [0, 0.05) is 22.5 Å². The zero-order chi connectivity index (χ0) is 9.76. The third-order valence-electron chi connectivity index (χ3n) is 3.31. The standard InChI is InChI=1S/C11H15N3/c1-11(2-3-11)9-4-7-5-10(12)13-6-8(7)14-9/h4-6,10,13-14H,2-3,12H2,1H3. The molecule has 3 heteroatoms. The Morgan fingerprint density at radius 2 is 2.29 bits per heavy atom. The lowest BCUT2D eigenvalue weighted by molar-refractivity contribution is 0.753. The maximum Gasteiger partial charge on any atom is 0.0941 e. The lowest BCUT2D eigenvalue weighted by Gasteiger charge is -2.08. The van der Waals surface area contributed by atoms with Gasteiger partial charge in [0.2, 0.25) is 0 Å². The first-order valence-corrected chi connectivity index (χ1v) is 5.11. The van der Waals surface area contributed by atoms with Gasteiger partial charge in [0.1, 0.15) is 0 Å². The van der Waals surface area contributed by atoms with Crippen molar-refractivity contribution in [1.82, 2.24) is 10.3 Å². The largest absolute Gasteiger partial charge is 0.371 e. The number of hydrogen-bond donors (Lipinski definition) is 3. The van der Waals surface area contributed by atoms with Crippen LogP contribution in [0.1, 0.15) is 25.5 Å². The molecule has 0 saturated heterocycles. The molecule has 1 saturated carbocycles. The average molecular weight is 189 g/mol. The van der Waals surface area contributed by atoms with Crippen LogP contribution in [0, 0.1) is 0 Å². The second-order valence-electron chi connectivity index (χ2n) is 4.62. The highest BCUT2D eigenvalue weighted by molar-refractivity contribution is 5.41. The fourth-order valence-electron chi connectivity index (χ4n) is 1.95. The molecule has 2 aliphatic rings. The average Bonchev–Trinajstić information content (AvgIpc) is 2.77. The van der Waals surface area contributed by atoms with Gasteiger partial charge in [0.15, 0.2) is 0 Å². The molecule has 1 atom stereocenters. The lowest BCUT2D eigenvalue weighted by atomic mass is 10.1. The van der Waals surface area contributed by atoms with E-state index in [-0.39, 0.29) is 6.17 Å². The van der Waals surface area contributed by atoms with Crippen molar-refractivity contribution in [1.29, 1.82) is 0 Å². The molecule has 1 fully saturated rings. The Morgan fingerprint density at radius 3 is 3.00 bits per heavy atom. The fraction of sp³-hybridized carbons (Fsp3) is 0.455. The molecule has 1 aliphatic carbocycles. The highest BCUT2D eigenvalue weighted by Gasteiger charge is 2.40. The van der Waals surface area contributed by atoms with E-state index in [4.69, 9.17) is 5.73 Å². The van der Waals surface area contributed by atoms with Crippen LogP contribution in [0.4, 0.5) is 0 Å². The Labute approximate surface area is 82.7 Å². The number of H-pyrrole nitrogens is 1. The van der Waals surface area contributed by atoms with Crippen molar-refractivity contribution in [2.24, 2.45) is 5.73 Å². The van der Waals surface area contributed by atoms with Gasteiger partial charge in [0.05, 0.1) is 11.5 Å². The third kappa shape index (κ3) is 1.09. The van der Waals surface area contributed by atoms with Gasteiger partial charge in [-0.2, -0.15) is 0 Å². The van der Waals surface area contributed by atoms with Crippen LogP contribution in [0.15, 0.2) is 6.07 Å². The Bertz CT molecular complexity index is 479. The summed E-state index contributed by atoms with van der Waals surface area (Å²) in [7, 11) is 0. The molecular weight excluding hydrogens is 174 g/mol. The Morgan fingerprint density at radius 1 is 1.50 bits per heavy atom. The zero-order valence-corrected chi connectivity index (χ0v) is 8.30. The van der Waals surface area contributed by atoms with Crippen LogP contribution in [0.3, 0.4) is 0 Å². The normalized spacial score (nSPS) is 26.9. The van der Waals surface area contributed by atoms with Gasteiger partial charge in [-0.1, -0.05) is 6.92 Å². The van der Waals surface area contributed by atoms with Crippen molar-refractivity contribution in [2.75, 3.05) is 0 Å². The summed E-state index contributed by atoms with van der Waals surface area (Å²) in [4.78, 5) is 3.45. The predicted molar refractivity (Wildman–Crippen MR) is 56.7 cm³/mol. The second-order valence-corrected chi connectivity index (χ2v) is 4.62. The van der Waals surface area contributed by atoms with Gasteiger partial charge >= 0.3 is 0 Å². The topological polar surface area (TPSA) is 53.8 Å². The van der Waals surface area contributed by atoms with E-state index in [1.165, 1.54) is 23.8 Å². The van der Waals surface area contributed by atoms with Crippen molar-refractivity contribution in [3.8, 4) is 0 Å². The van der Waals surface area contributed by atoms with Gasteiger partial charge < -0.3 is 16.0 Å². The number of fused-ring (bicyclic) bond motifs is 1. The maximum atomic E-state index is 5.77. The summed E-state index contributed by atoms with van der Waals surface area (Å²) in [6, 6.07) is 2.24. The highest BCUT2D eigenvalue weighted by Crippen LogP contribution is 2.45. The molecule has 1 aromatic rings. The van der Waals surface area contributed by atoms with Crippen LogP contribution in [0.2, 0.25) is 0 Å². The minimum absolute atomic E-state index is 0.0434. The van der Waals surface area contributed by atoms with Crippen LogP contribution in [0.5, 0.6) is 0 Å². The van der Waals surface area contributed by atoms with Crippen molar-refractivity contribution < 1.29 is 0 Å². The smallest absolute Gasteiger partial charge is 0.0941 e. The molecule has 1 aromatic heterocycles. The molecule has 2 heterocycles. The molecule has 0 spiro atoms. The van der Waals surface area contributed by atoms with Crippen LogP contribution in [-0.4, -0.2) is 11.1 Å². The summed E-state index contributed by atoms with van der Waals surface area (Å²) in [5.74, 6) is 0. The number of hydrogen-bond acceptors (Lipinski definition) is 2. The molecule has 4 N–H and O–H groups in total.